The van der Waals surface area contributed by atoms with Gasteiger partial charge in [-0.3, -0.25) is 4.79 Å². The molecule has 2 rings (SSSR count). The summed E-state index contributed by atoms with van der Waals surface area (Å²) in [7, 11) is 0. The minimum absolute atomic E-state index is 0.120. The van der Waals surface area contributed by atoms with Gasteiger partial charge in [0.25, 0.3) is 0 Å². The average Bonchev–Trinajstić information content (AvgIpc) is 2.37. The Balaban J connectivity index is 2.04. The fourth-order valence-corrected chi connectivity index (χ4v) is 2.78. The summed E-state index contributed by atoms with van der Waals surface area (Å²) in [5.74, 6) is 0.532. The normalized spacial score (nSPS) is 22.4. The van der Waals surface area contributed by atoms with Gasteiger partial charge < -0.3 is 16.0 Å². The van der Waals surface area contributed by atoms with Gasteiger partial charge in [0.15, 0.2) is 0 Å². The number of likely N-dealkylation sites (tertiary alicyclic amines) is 1. The number of hydrogen-bond acceptors (Lipinski definition) is 2. The number of carbonyl (C=O) groups excluding carboxylic acids is 2. The maximum atomic E-state index is 12.2. The van der Waals surface area contributed by atoms with E-state index in [1.54, 1.807) is 24.3 Å². The van der Waals surface area contributed by atoms with Crippen LogP contribution >= 0.6 is 0 Å². The van der Waals surface area contributed by atoms with E-state index in [1.807, 2.05) is 4.90 Å². The molecule has 1 aromatic carbocycles. The van der Waals surface area contributed by atoms with Gasteiger partial charge in [0.05, 0.1) is 0 Å². The van der Waals surface area contributed by atoms with Crippen LogP contribution in [0.2, 0.25) is 0 Å². The number of nitrogens with zero attached hydrogens (tertiary/aromatic N) is 1. The Kier molecular flexibility index (Phi) is 4.27. The number of piperidine rings is 1. The number of hydrogen-bond donors (Lipinski definition) is 2. The molecule has 2 atom stereocenters. The largest absolute Gasteiger partial charge is 0.366 e. The molecule has 1 heterocycles. The molecule has 1 fully saturated rings. The third-order valence-corrected chi connectivity index (χ3v) is 3.55. The van der Waals surface area contributed by atoms with E-state index in [0.29, 0.717) is 23.1 Å². The minimum Gasteiger partial charge on any atom is -0.366 e. The molecule has 0 aliphatic carbocycles. The van der Waals surface area contributed by atoms with Crippen LogP contribution < -0.4 is 11.1 Å². The van der Waals surface area contributed by atoms with Gasteiger partial charge >= 0.3 is 6.03 Å². The van der Waals surface area contributed by atoms with Crippen molar-refractivity contribution >= 4 is 17.6 Å². The molecule has 3 N–H and O–H groups in total. The third kappa shape index (κ3) is 3.50. The van der Waals surface area contributed by atoms with Crippen molar-refractivity contribution in [3.8, 4) is 0 Å². The van der Waals surface area contributed by atoms with E-state index >= 15 is 0 Å². The second-order valence-corrected chi connectivity index (χ2v) is 5.73. The fraction of sp³-hybridized carbons (Fsp3) is 0.467. The van der Waals surface area contributed by atoms with E-state index in [1.165, 1.54) is 0 Å². The van der Waals surface area contributed by atoms with Gasteiger partial charge in [-0.15, -0.1) is 0 Å². The van der Waals surface area contributed by atoms with Gasteiger partial charge in [0.1, 0.15) is 0 Å². The molecule has 1 saturated heterocycles. The third-order valence-electron chi connectivity index (χ3n) is 3.55. The highest BCUT2D eigenvalue weighted by molar-refractivity contribution is 5.95. The Labute approximate surface area is 119 Å². The molecule has 0 radical (unpaired) electrons. The van der Waals surface area contributed by atoms with Gasteiger partial charge in [0.2, 0.25) is 5.91 Å². The SMILES string of the molecule is C[C@H]1C[C@H](C)CN(C(=O)Nc2cccc(C(N)=O)c2)C1. The van der Waals surface area contributed by atoms with Crippen LogP contribution in [0.1, 0.15) is 30.6 Å². The first kappa shape index (κ1) is 14.4. The van der Waals surface area contributed by atoms with Gasteiger partial charge in [-0.1, -0.05) is 19.9 Å². The number of nitrogens with two attached hydrogens (primary N) is 1. The first-order valence-corrected chi connectivity index (χ1v) is 6.91. The van der Waals surface area contributed by atoms with Crippen LogP contribution in [0, 0.1) is 11.8 Å². The summed E-state index contributed by atoms with van der Waals surface area (Å²) in [4.78, 5) is 25.2. The Bertz CT molecular complexity index is 506. The van der Waals surface area contributed by atoms with Crippen molar-refractivity contribution in [3.63, 3.8) is 0 Å². The smallest absolute Gasteiger partial charge is 0.321 e. The molecule has 20 heavy (non-hydrogen) atoms. The van der Waals surface area contributed by atoms with E-state index in [0.717, 1.165) is 19.5 Å². The molecular formula is C15H21N3O2. The fourth-order valence-electron chi connectivity index (χ4n) is 2.78. The molecule has 0 unspecified atom stereocenters. The molecule has 1 aliphatic heterocycles. The van der Waals surface area contributed by atoms with Gasteiger partial charge in [-0.05, 0) is 36.5 Å². The van der Waals surface area contributed by atoms with Crippen LogP contribution in [0.5, 0.6) is 0 Å². The highest BCUT2D eigenvalue weighted by Crippen LogP contribution is 2.21. The number of nitrogens with one attached hydrogen (secondary N) is 1. The lowest BCUT2D eigenvalue weighted by molar-refractivity contribution is 0.1000. The van der Waals surface area contributed by atoms with E-state index in [9.17, 15) is 9.59 Å². The van der Waals surface area contributed by atoms with Crippen LogP contribution in [-0.2, 0) is 0 Å². The molecule has 5 nitrogen and oxygen atoms in total. The molecular weight excluding hydrogens is 254 g/mol. The van der Waals surface area contributed by atoms with E-state index < -0.39 is 5.91 Å². The zero-order chi connectivity index (χ0) is 14.7. The summed E-state index contributed by atoms with van der Waals surface area (Å²) in [6, 6.07) is 6.56. The predicted octanol–water partition coefficient (Wildman–Crippen LogP) is 2.30. The molecule has 0 spiro atoms. The molecule has 5 heteroatoms. The Morgan fingerprint density at radius 3 is 2.50 bits per heavy atom. The van der Waals surface area contributed by atoms with Crippen LogP contribution in [0.4, 0.5) is 10.5 Å². The van der Waals surface area contributed by atoms with Crippen molar-refractivity contribution in [2.75, 3.05) is 18.4 Å². The Morgan fingerprint density at radius 2 is 1.90 bits per heavy atom. The number of primary amides is 1. The molecule has 108 valence electrons. The van der Waals surface area contributed by atoms with Crippen molar-refractivity contribution in [2.24, 2.45) is 17.6 Å². The van der Waals surface area contributed by atoms with Gasteiger partial charge in [-0.2, -0.15) is 0 Å². The second kappa shape index (κ2) is 5.94. The molecule has 1 aliphatic rings. The lowest BCUT2D eigenvalue weighted by Crippen LogP contribution is -2.44. The van der Waals surface area contributed by atoms with Crippen molar-refractivity contribution in [3.05, 3.63) is 29.8 Å². The number of carbonyl (C=O) groups is 2. The average molecular weight is 275 g/mol. The van der Waals surface area contributed by atoms with E-state index in [4.69, 9.17) is 5.73 Å². The van der Waals surface area contributed by atoms with E-state index in [2.05, 4.69) is 19.2 Å². The topological polar surface area (TPSA) is 75.4 Å². The Morgan fingerprint density at radius 1 is 1.25 bits per heavy atom. The van der Waals surface area contributed by atoms with Crippen LogP contribution in [0.15, 0.2) is 24.3 Å². The quantitative estimate of drug-likeness (QED) is 0.869. The summed E-state index contributed by atoms with van der Waals surface area (Å²) >= 11 is 0. The number of anilines is 1. The first-order chi connectivity index (χ1) is 9.45. The van der Waals surface area contributed by atoms with Crippen molar-refractivity contribution in [1.29, 1.82) is 0 Å². The molecule has 0 saturated carbocycles. The van der Waals surface area contributed by atoms with Crippen LogP contribution in [-0.4, -0.2) is 29.9 Å². The van der Waals surface area contributed by atoms with Crippen LogP contribution in [0.25, 0.3) is 0 Å². The maximum absolute atomic E-state index is 12.2. The Hall–Kier alpha value is -2.04. The summed E-state index contributed by atoms with van der Waals surface area (Å²) in [5.41, 5.74) is 6.22. The maximum Gasteiger partial charge on any atom is 0.321 e. The number of rotatable bonds is 2. The summed E-state index contributed by atoms with van der Waals surface area (Å²) in [6.07, 6.45) is 1.15. The first-order valence-electron chi connectivity index (χ1n) is 6.91. The zero-order valence-electron chi connectivity index (χ0n) is 11.9. The van der Waals surface area contributed by atoms with Gasteiger partial charge in [-0.25, -0.2) is 4.79 Å². The monoisotopic (exact) mass is 275 g/mol. The molecule has 0 bridgehead atoms. The van der Waals surface area contributed by atoms with Crippen LogP contribution in [0.3, 0.4) is 0 Å². The molecule has 1 aromatic rings. The summed E-state index contributed by atoms with van der Waals surface area (Å²) in [5, 5.41) is 2.83. The molecule has 0 aromatic heterocycles. The lowest BCUT2D eigenvalue weighted by Gasteiger charge is -2.34. The second-order valence-electron chi connectivity index (χ2n) is 5.73. The highest BCUT2D eigenvalue weighted by atomic mass is 16.2. The number of benzene rings is 1. The van der Waals surface area contributed by atoms with Gasteiger partial charge in [0, 0.05) is 24.3 Å². The molecule has 3 amide bonds. The van der Waals surface area contributed by atoms with Crippen molar-refractivity contribution < 1.29 is 9.59 Å². The zero-order valence-corrected chi connectivity index (χ0v) is 11.9. The number of amides is 3. The highest BCUT2D eigenvalue weighted by Gasteiger charge is 2.25. The van der Waals surface area contributed by atoms with Crippen molar-refractivity contribution in [2.45, 2.75) is 20.3 Å². The minimum atomic E-state index is -0.499. The predicted molar refractivity (Wildman–Crippen MR) is 78.5 cm³/mol. The summed E-state index contributed by atoms with van der Waals surface area (Å²) < 4.78 is 0. The standard InChI is InChI=1S/C15H21N3O2/c1-10-6-11(2)9-18(8-10)15(20)17-13-5-3-4-12(7-13)14(16)19/h3-5,7,10-11H,6,8-9H2,1-2H3,(H2,16,19)(H,17,20)/t10-,11-/m0/s1. The summed E-state index contributed by atoms with van der Waals surface area (Å²) in [6.45, 7) is 5.85. The van der Waals surface area contributed by atoms with E-state index in [-0.39, 0.29) is 6.03 Å². The van der Waals surface area contributed by atoms with Crippen molar-refractivity contribution in [1.82, 2.24) is 4.90 Å². The number of urea groups is 1. The lowest BCUT2D eigenvalue weighted by atomic mass is 9.92.